The number of hydrogen-bond acceptors (Lipinski definition) is 3. The van der Waals surface area contributed by atoms with Crippen molar-refractivity contribution in [2.45, 2.75) is 25.2 Å². The van der Waals surface area contributed by atoms with E-state index >= 15 is 0 Å². The van der Waals surface area contributed by atoms with Gasteiger partial charge in [0.25, 0.3) is 5.91 Å². The van der Waals surface area contributed by atoms with Gasteiger partial charge in [-0.2, -0.15) is 0 Å². The van der Waals surface area contributed by atoms with Gasteiger partial charge < -0.3 is 5.32 Å². The number of primary sulfonamides is 1. The van der Waals surface area contributed by atoms with E-state index in [2.05, 4.69) is 5.32 Å². The highest BCUT2D eigenvalue weighted by molar-refractivity contribution is 7.89. The Bertz CT molecular complexity index is 702. The molecule has 2 rings (SSSR count). The maximum Gasteiger partial charge on any atom is 0.254 e. The highest BCUT2D eigenvalue weighted by Crippen LogP contribution is 2.50. The molecule has 1 saturated carbocycles. The Kier molecular flexibility index (Phi) is 3.79. The van der Waals surface area contributed by atoms with Crippen molar-refractivity contribution in [1.82, 2.24) is 5.32 Å². The monoisotopic (exact) mass is 318 g/mol. The fourth-order valence-corrected chi connectivity index (χ4v) is 2.77. The number of sulfonamides is 1. The van der Waals surface area contributed by atoms with E-state index in [4.69, 9.17) is 5.14 Å². The van der Waals surface area contributed by atoms with E-state index in [1.807, 2.05) is 13.8 Å². The van der Waals surface area contributed by atoms with E-state index in [1.54, 1.807) is 0 Å². The van der Waals surface area contributed by atoms with Crippen molar-refractivity contribution >= 4 is 15.9 Å². The van der Waals surface area contributed by atoms with E-state index in [0.29, 0.717) is 24.6 Å². The zero-order valence-electron chi connectivity index (χ0n) is 11.6. The molecule has 116 valence electrons. The minimum atomic E-state index is -4.37. The van der Waals surface area contributed by atoms with Crippen molar-refractivity contribution in [3.05, 3.63) is 29.3 Å². The molecule has 1 atom stereocenters. The Hall–Kier alpha value is -1.54. The molecule has 1 aromatic rings. The summed E-state index contributed by atoms with van der Waals surface area (Å²) in [4.78, 5) is 11.0. The maximum atomic E-state index is 13.6. The van der Waals surface area contributed by atoms with E-state index in [-0.39, 0.29) is 5.41 Å². The van der Waals surface area contributed by atoms with E-state index in [9.17, 15) is 22.0 Å². The molecule has 0 aromatic heterocycles. The number of halogens is 2. The van der Waals surface area contributed by atoms with Crippen LogP contribution < -0.4 is 10.5 Å². The number of nitrogens with one attached hydrogen (secondary N) is 1. The van der Waals surface area contributed by atoms with Gasteiger partial charge in [0.1, 0.15) is 16.5 Å². The molecular formula is C13H16F2N2O3S. The smallest absolute Gasteiger partial charge is 0.254 e. The zero-order chi connectivity index (χ0) is 16.0. The van der Waals surface area contributed by atoms with Crippen LogP contribution in [0.4, 0.5) is 8.78 Å². The molecule has 0 spiro atoms. The number of rotatable bonds is 4. The zero-order valence-corrected chi connectivity index (χ0v) is 12.4. The van der Waals surface area contributed by atoms with Crippen LogP contribution in [0.25, 0.3) is 0 Å². The molecule has 1 aliphatic carbocycles. The van der Waals surface area contributed by atoms with Crippen LogP contribution in [-0.4, -0.2) is 20.9 Å². The van der Waals surface area contributed by atoms with Gasteiger partial charge in [-0.15, -0.1) is 0 Å². The molecule has 3 N–H and O–H groups in total. The minimum absolute atomic E-state index is 0.139. The van der Waals surface area contributed by atoms with Crippen LogP contribution in [-0.2, 0) is 10.0 Å². The van der Waals surface area contributed by atoms with Crippen molar-refractivity contribution < 1.29 is 22.0 Å². The van der Waals surface area contributed by atoms with Crippen LogP contribution in [0.3, 0.4) is 0 Å². The molecule has 1 aliphatic rings. The summed E-state index contributed by atoms with van der Waals surface area (Å²) in [6, 6.07) is 0.961. The maximum absolute atomic E-state index is 13.6. The van der Waals surface area contributed by atoms with Crippen LogP contribution in [0.15, 0.2) is 17.0 Å². The van der Waals surface area contributed by atoms with Gasteiger partial charge in [-0.3, -0.25) is 4.79 Å². The quantitative estimate of drug-likeness (QED) is 0.879. The first-order valence-electron chi connectivity index (χ1n) is 6.32. The second kappa shape index (κ2) is 5.03. The summed E-state index contributed by atoms with van der Waals surface area (Å²) in [7, 11) is -4.37. The number of benzene rings is 1. The molecule has 1 aromatic carbocycles. The Morgan fingerprint density at radius 3 is 2.43 bits per heavy atom. The van der Waals surface area contributed by atoms with Gasteiger partial charge in [-0.05, 0) is 23.8 Å². The Labute approximate surface area is 121 Å². The van der Waals surface area contributed by atoms with Gasteiger partial charge in [-0.25, -0.2) is 22.3 Å². The number of amides is 1. The average molecular weight is 318 g/mol. The Morgan fingerprint density at radius 1 is 1.38 bits per heavy atom. The topological polar surface area (TPSA) is 89.3 Å². The fraction of sp³-hybridized carbons (Fsp3) is 0.462. The second-order valence-corrected chi connectivity index (χ2v) is 7.44. The number of nitrogens with two attached hydrogens (primary N) is 1. The second-order valence-electron chi connectivity index (χ2n) is 5.91. The average Bonchev–Trinajstić information content (AvgIpc) is 2.92. The molecular weight excluding hydrogens is 302 g/mol. The normalized spacial score (nSPS) is 20.1. The van der Waals surface area contributed by atoms with Crippen LogP contribution in [0, 0.1) is 23.0 Å². The van der Waals surface area contributed by atoms with Crippen molar-refractivity contribution in [3.63, 3.8) is 0 Å². The summed E-state index contributed by atoms with van der Waals surface area (Å²) in [6.07, 6.45) is 0.946. The first-order chi connectivity index (χ1) is 9.52. The lowest BCUT2D eigenvalue weighted by atomic mass is 10.1. The van der Waals surface area contributed by atoms with Gasteiger partial charge in [-0.1, -0.05) is 13.8 Å². The predicted octanol–water partition coefficient (Wildman–Crippen LogP) is 1.39. The summed E-state index contributed by atoms with van der Waals surface area (Å²) in [6.45, 7) is 4.44. The fourth-order valence-electron chi connectivity index (χ4n) is 2.16. The van der Waals surface area contributed by atoms with Crippen LogP contribution >= 0.6 is 0 Å². The SMILES string of the molecule is CC1(C)CC1CNC(=O)c1cc(S(N)(=O)=O)c(F)cc1F. The number of carbonyl (C=O) groups excluding carboxylic acids is 1. The van der Waals surface area contributed by atoms with Gasteiger partial charge >= 0.3 is 0 Å². The molecule has 1 amide bonds. The lowest BCUT2D eigenvalue weighted by molar-refractivity contribution is 0.0946. The van der Waals surface area contributed by atoms with E-state index < -0.39 is 38.0 Å². The third kappa shape index (κ3) is 3.38. The summed E-state index contributed by atoms with van der Waals surface area (Å²) in [5.41, 5.74) is -0.403. The Balaban J connectivity index is 2.21. The summed E-state index contributed by atoms with van der Waals surface area (Å²) < 4.78 is 49.4. The molecule has 1 fully saturated rings. The standard InChI is InChI=1S/C13H16F2N2O3S/c1-13(2)5-7(13)6-17-12(18)8-3-11(21(16,19)20)10(15)4-9(8)14/h3-4,7H,5-6H2,1-2H3,(H,17,18)(H2,16,19,20). The highest BCUT2D eigenvalue weighted by atomic mass is 32.2. The van der Waals surface area contributed by atoms with Gasteiger partial charge in [0.15, 0.2) is 0 Å². The van der Waals surface area contributed by atoms with Crippen molar-refractivity contribution in [2.24, 2.45) is 16.5 Å². The van der Waals surface area contributed by atoms with Crippen LogP contribution in [0.5, 0.6) is 0 Å². The minimum Gasteiger partial charge on any atom is -0.352 e. The number of hydrogen-bond donors (Lipinski definition) is 2. The van der Waals surface area contributed by atoms with E-state index in [1.165, 1.54) is 0 Å². The van der Waals surface area contributed by atoms with Crippen LogP contribution in [0.1, 0.15) is 30.6 Å². The lowest BCUT2D eigenvalue weighted by Gasteiger charge is -2.09. The summed E-state index contributed by atoms with van der Waals surface area (Å²) >= 11 is 0. The lowest BCUT2D eigenvalue weighted by Crippen LogP contribution is -2.28. The molecule has 0 bridgehead atoms. The van der Waals surface area contributed by atoms with Gasteiger partial charge in [0.2, 0.25) is 10.0 Å². The molecule has 21 heavy (non-hydrogen) atoms. The third-order valence-electron chi connectivity index (χ3n) is 3.80. The summed E-state index contributed by atoms with van der Waals surface area (Å²) in [5.74, 6) is -2.95. The van der Waals surface area contributed by atoms with Gasteiger partial charge in [0.05, 0.1) is 5.56 Å². The predicted molar refractivity (Wildman–Crippen MR) is 72.0 cm³/mol. The molecule has 1 unspecified atom stereocenters. The van der Waals surface area contributed by atoms with Crippen molar-refractivity contribution in [3.8, 4) is 0 Å². The third-order valence-corrected chi connectivity index (χ3v) is 4.73. The highest BCUT2D eigenvalue weighted by Gasteiger charge is 2.45. The van der Waals surface area contributed by atoms with Crippen molar-refractivity contribution in [1.29, 1.82) is 0 Å². The molecule has 0 saturated heterocycles. The molecule has 0 heterocycles. The first kappa shape index (κ1) is 15.8. The first-order valence-corrected chi connectivity index (χ1v) is 7.87. The number of carbonyl (C=O) groups is 1. The molecule has 8 heteroatoms. The molecule has 5 nitrogen and oxygen atoms in total. The van der Waals surface area contributed by atoms with Crippen molar-refractivity contribution in [2.75, 3.05) is 6.54 Å². The van der Waals surface area contributed by atoms with Crippen LogP contribution in [0.2, 0.25) is 0 Å². The van der Waals surface area contributed by atoms with E-state index in [0.717, 1.165) is 6.42 Å². The largest absolute Gasteiger partial charge is 0.352 e. The molecule has 0 aliphatic heterocycles. The van der Waals surface area contributed by atoms with Gasteiger partial charge in [0, 0.05) is 12.6 Å². The summed E-state index contributed by atoms with van der Waals surface area (Å²) in [5, 5.41) is 7.34. The Morgan fingerprint density at radius 2 is 1.95 bits per heavy atom. The molecule has 0 radical (unpaired) electrons.